The fourth-order valence-corrected chi connectivity index (χ4v) is 4.61. The summed E-state index contributed by atoms with van der Waals surface area (Å²) in [7, 11) is 0. The Hall–Kier alpha value is -3.98. The average molecular weight is 474 g/mol. The molecule has 5 N–H and O–H groups in total. The summed E-state index contributed by atoms with van der Waals surface area (Å²) in [6.45, 7) is 8.41. The van der Waals surface area contributed by atoms with E-state index in [-0.39, 0.29) is 17.3 Å². The lowest BCUT2D eigenvalue weighted by Gasteiger charge is -2.38. The van der Waals surface area contributed by atoms with Crippen molar-refractivity contribution in [1.82, 2.24) is 19.9 Å². The fraction of sp³-hybridized carbons (Fsp3) is 0.269. The predicted molar refractivity (Wildman–Crippen MR) is 139 cm³/mol. The third-order valence-electron chi connectivity index (χ3n) is 6.63. The van der Waals surface area contributed by atoms with Crippen LogP contribution in [0.25, 0.3) is 33.2 Å². The number of aromatic amines is 1. The molecule has 1 aliphatic rings. The summed E-state index contributed by atoms with van der Waals surface area (Å²) in [5.41, 5.74) is 15.3. The van der Waals surface area contributed by atoms with Crippen molar-refractivity contribution in [3.05, 3.63) is 64.8 Å². The first-order valence-corrected chi connectivity index (χ1v) is 11.7. The molecule has 180 valence electrons. The minimum absolute atomic E-state index is 0.0243. The SMILES string of the molecule is CC(C)N1CCN(c2ccc(-c3cc(-c4ccc5c(=O)[nH]c(N)nc5c4)c(N)nc3F)cc2)CC1. The van der Waals surface area contributed by atoms with Gasteiger partial charge in [0.2, 0.25) is 11.9 Å². The fourth-order valence-electron chi connectivity index (χ4n) is 4.61. The van der Waals surface area contributed by atoms with E-state index in [9.17, 15) is 9.18 Å². The van der Waals surface area contributed by atoms with E-state index in [0.29, 0.717) is 39.2 Å². The minimum Gasteiger partial charge on any atom is -0.383 e. The Labute approximate surface area is 202 Å². The molecular weight excluding hydrogens is 445 g/mol. The molecule has 1 fully saturated rings. The quantitative estimate of drug-likeness (QED) is 0.389. The highest BCUT2D eigenvalue weighted by Crippen LogP contribution is 2.33. The smallest absolute Gasteiger partial charge is 0.260 e. The monoisotopic (exact) mass is 473 g/mol. The maximum atomic E-state index is 14.9. The number of anilines is 3. The molecule has 0 radical (unpaired) electrons. The molecule has 0 amide bonds. The van der Waals surface area contributed by atoms with Crippen molar-refractivity contribution in [3.63, 3.8) is 0 Å². The van der Waals surface area contributed by atoms with Gasteiger partial charge in [0.25, 0.3) is 5.56 Å². The third-order valence-corrected chi connectivity index (χ3v) is 6.63. The minimum atomic E-state index is -0.635. The molecule has 1 saturated heterocycles. The Kier molecular flexibility index (Phi) is 5.86. The third kappa shape index (κ3) is 4.42. The Bertz CT molecular complexity index is 1440. The Morgan fingerprint density at radius 1 is 0.914 bits per heavy atom. The number of benzene rings is 2. The zero-order valence-electron chi connectivity index (χ0n) is 19.8. The van der Waals surface area contributed by atoms with Crippen LogP contribution in [0.5, 0.6) is 0 Å². The normalized spacial score (nSPS) is 14.7. The Morgan fingerprint density at radius 3 is 2.29 bits per heavy atom. The van der Waals surface area contributed by atoms with Gasteiger partial charge in [-0.1, -0.05) is 18.2 Å². The van der Waals surface area contributed by atoms with Gasteiger partial charge in [0.05, 0.1) is 10.9 Å². The molecule has 0 spiro atoms. The largest absolute Gasteiger partial charge is 0.383 e. The zero-order valence-corrected chi connectivity index (χ0v) is 19.8. The Morgan fingerprint density at radius 2 is 1.60 bits per heavy atom. The second kappa shape index (κ2) is 8.99. The molecule has 0 atom stereocenters. The summed E-state index contributed by atoms with van der Waals surface area (Å²) in [4.78, 5) is 27.6. The molecule has 2 aromatic carbocycles. The number of hydrogen-bond acceptors (Lipinski definition) is 7. The molecule has 0 unspecified atom stereocenters. The molecule has 8 nitrogen and oxygen atoms in total. The zero-order chi connectivity index (χ0) is 24.7. The summed E-state index contributed by atoms with van der Waals surface area (Å²) in [6, 6.07) is 15.2. The first-order valence-electron chi connectivity index (χ1n) is 11.7. The molecule has 1 aliphatic heterocycles. The van der Waals surface area contributed by atoms with Crippen molar-refractivity contribution in [2.45, 2.75) is 19.9 Å². The number of aromatic nitrogens is 3. The number of halogens is 1. The van der Waals surface area contributed by atoms with Crippen LogP contribution in [0, 0.1) is 5.95 Å². The van der Waals surface area contributed by atoms with Crippen LogP contribution in [0.4, 0.5) is 21.8 Å². The van der Waals surface area contributed by atoms with E-state index in [1.54, 1.807) is 24.3 Å². The van der Waals surface area contributed by atoms with Crippen molar-refractivity contribution in [1.29, 1.82) is 0 Å². The van der Waals surface area contributed by atoms with Gasteiger partial charge in [-0.15, -0.1) is 0 Å². The molecule has 35 heavy (non-hydrogen) atoms. The van der Waals surface area contributed by atoms with E-state index in [2.05, 4.69) is 38.6 Å². The second-order valence-corrected chi connectivity index (χ2v) is 9.11. The van der Waals surface area contributed by atoms with Gasteiger partial charge >= 0.3 is 0 Å². The molecular formula is C26H28FN7O. The highest BCUT2D eigenvalue weighted by atomic mass is 19.1. The lowest BCUT2D eigenvalue weighted by molar-refractivity contribution is 0.209. The van der Waals surface area contributed by atoms with Crippen molar-refractivity contribution >= 4 is 28.4 Å². The van der Waals surface area contributed by atoms with E-state index in [0.717, 1.165) is 31.9 Å². The second-order valence-electron chi connectivity index (χ2n) is 9.11. The highest BCUT2D eigenvalue weighted by molar-refractivity contribution is 5.88. The molecule has 0 aliphatic carbocycles. The number of hydrogen-bond donors (Lipinski definition) is 3. The molecule has 9 heteroatoms. The van der Waals surface area contributed by atoms with Crippen LogP contribution in [0.15, 0.2) is 53.3 Å². The maximum absolute atomic E-state index is 14.9. The number of piperazine rings is 1. The van der Waals surface area contributed by atoms with E-state index < -0.39 is 5.95 Å². The van der Waals surface area contributed by atoms with E-state index in [4.69, 9.17) is 11.5 Å². The van der Waals surface area contributed by atoms with Gasteiger partial charge in [0, 0.05) is 49.0 Å². The van der Waals surface area contributed by atoms with Gasteiger partial charge < -0.3 is 16.4 Å². The van der Waals surface area contributed by atoms with E-state index >= 15 is 0 Å². The van der Waals surface area contributed by atoms with Crippen LogP contribution in [0.2, 0.25) is 0 Å². The topological polar surface area (TPSA) is 117 Å². The lowest BCUT2D eigenvalue weighted by atomic mass is 9.99. The van der Waals surface area contributed by atoms with Crippen LogP contribution in [-0.2, 0) is 0 Å². The summed E-state index contributed by atoms with van der Waals surface area (Å²) in [5, 5.41) is 0.404. The molecule has 0 saturated carbocycles. The van der Waals surface area contributed by atoms with Crippen molar-refractivity contribution < 1.29 is 4.39 Å². The van der Waals surface area contributed by atoms with Gasteiger partial charge in [0.15, 0.2) is 0 Å². The lowest BCUT2D eigenvalue weighted by Crippen LogP contribution is -2.48. The summed E-state index contributed by atoms with van der Waals surface area (Å²) in [6.07, 6.45) is 0. The number of H-pyrrole nitrogens is 1. The number of nitrogen functional groups attached to an aromatic ring is 2. The Balaban J connectivity index is 1.46. The summed E-state index contributed by atoms with van der Waals surface area (Å²) >= 11 is 0. The molecule has 2 aromatic heterocycles. The molecule has 0 bridgehead atoms. The van der Waals surface area contributed by atoms with Crippen molar-refractivity contribution in [2.24, 2.45) is 0 Å². The molecule has 4 aromatic rings. The number of fused-ring (bicyclic) bond motifs is 1. The first kappa shape index (κ1) is 22.8. The van der Waals surface area contributed by atoms with E-state index in [1.807, 2.05) is 24.3 Å². The van der Waals surface area contributed by atoms with Crippen LogP contribution >= 0.6 is 0 Å². The van der Waals surface area contributed by atoms with Crippen LogP contribution in [0.1, 0.15) is 13.8 Å². The van der Waals surface area contributed by atoms with Crippen molar-refractivity contribution in [2.75, 3.05) is 42.5 Å². The van der Waals surface area contributed by atoms with Gasteiger partial charge in [-0.2, -0.15) is 4.39 Å². The first-order chi connectivity index (χ1) is 16.8. The van der Waals surface area contributed by atoms with Crippen LogP contribution in [-0.4, -0.2) is 52.1 Å². The standard InChI is InChI=1S/C26H28FN7O/c1-15(2)33-9-11-34(12-10-33)18-6-3-16(4-7-18)20-14-21(24(28)31-23(20)27)17-5-8-19-22(13-17)30-26(29)32-25(19)35/h3-8,13-15H,9-12H2,1-2H3,(H2,28,31)(H3,29,30,32,35). The summed E-state index contributed by atoms with van der Waals surface area (Å²) in [5.74, 6) is -0.552. The number of nitrogens with one attached hydrogen (secondary N) is 1. The number of pyridine rings is 1. The summed E-state index contributed by atoms with van der Waals surface area (Å²) < 4.78 is 14.9. The van der Waals surface area contributed by atoms with Gasteiger partial charge in [-0.05, 0) is 55.3 Å². The van der Waals surface area contributed by atoms with E-state index in [1.165, 1.54) is 0 Å². The maximum Gasteiger partial charge on any atom is 0.260 e. The number of nitrogens with two attached hydrogens (primary N) is 2. The number of nitrogens with zero attached hydrogens (tertiary/aromatic N) is 4. The molecule has 3 heterocycles. The van der Waals surface area contributed by atoms with Crippen LogP contribution < -0.4 is 21.9 Å². The van der Waals surface area contributed by atoms with Gasteiger partial charge in [0.1, 0.15) is 5.82 Å². The van der Waals surface area contributed by atoms with Gasteiger partial charge in [-0.25, -0.2) is 9.97 Å². The molecule has 5 rings (SSSR count). The van der Waals surface area contributed by atoms with Crippen LogP contribution in [0.3, 0.4) is 0 Å². The average Bonchev–Trinajstić information content (AvgIpc) is 2.84. The van der Waals surface area contributed by atoms with Crippen molar-refractivity contribution in [3.8, 4) is 22.3 Å². The highest BCUT2D eigenvalue weighted by Gasteiger charge is 2.20. The predicted octanol–water partition coefficient (Wildman–Crippen LogP) is 3.49. The van der Waals surface area contributed by atoms with Gasteiger partial charge in [-0.3, -0.25) is 14.7 Å². The number of rotatable bonds is 4.